The van der Waals surface area contributed by atoms with Crippen molar-refractivity contribution in [3.05, 3.63) is 59.9 Å². The van der Waals surface area contributed by atoms with Crippen molar-refractivity contribution in [2.75, 3.05) is 0 Å². The third kappa shape index (κ3) is 1.02. The fraction of sp³-hybridized carbons (Fsp3) is 0.0769. The molecule has 0 heterocycles. The van der Waals surface area contributed by atoms with E-state index in [1.165, 1.54) is 0 Å². The van der Waals surface area contributed by atoms with Crippen LogP contribution in [0.4, 0.5) is 0 Å². The first kappa shape index (κ1) is 8.82. The molecule has 0 radical (unpaired) electrons. The van der Waals surface area contributed by atoms with E-state index in [0.717, 1.165) is 27.8 Å². The van der Waals surface area contributed by atoms with Gasteiger partial charge in [-0.1, -0.05) is 37.4 Å². The van der Waals surface area contributed by atoms with Gasteiger partial charge in [-0.3, -0.25) is 0 Å². The van der Waals surface area contributed by atoms with Gasteiger partial charge < -0.3 is 5.11 Å². The van der Waals surface area contributed by atoms with E-state index in [1.54, 1.807) is 6.92 Å². The predicted octanol–water partition coefficient (Wildman–Crippen LogP) is 3.56. The third-order valence-electron chi connectivity index (χ3n) is 2.55. The van der Waals surface area contributed by atoms with Crippen molar-refractivity contribution in [3.63, 3.8) is 0 Å². The zero-order chi connectivity index (χ0) is 10.3. The summed E-state index contributed by atoms with van der Waals surface area (Å²) < 4.78 is 0. The van der Waals surface area contributed by atoms with E-state index in [1.807, 2.05) is 24.3 Å². The van der Waals surface area contributed by atoms with Crippen molar-refractivity contribution in [3.8, 4) is 0 Å². The maximum Gasteiger partial charge on any atom is 0.0976 e. The van der Waals surface area contributed by atoms with Gasteiger partial charge in [0.25, 0.3) is 0 Å². The summed E-state index contributed by atoms with van der Waals surface area (Å²) in [5.74, 6) is 0.307. The highest BCUT2D eigenvalue weighted by molar-refractivity contribution is 6.07. The molecule has 1 nitrogen and oxygen atoms in total. The van der Waals surface area contributed by atoms with Crippen molar-refractivity contribution >= 4 is 11.1 Å². The quantitative estimate of drug-likeness (QED) is 0.611. The monoisotopic (exact) mass is 184 g/mol. The topological polar surface area (TPSA) is 20.2 Å². The molecular weight excluding hydrogens is 172 g/mol. The summed E-state index contributed by atoms with van der Waals surface area (Å²) >= 11 is 0. The standard InChI is InChI=1S/C13H12O/c1-8-9(2)13(10(3)14)12-7-5-4-6-11(8)12/h4-7,14H,1-2H2,3H3/b13-10-. The van der Waals surface area contributed by atoms with Crippen LogP contribution >= 0.6 is 0 Å². The Bertz CT molecular complexity index is 460. The Morgan fingerprint density at radius 1 is 1.07 bits per heavy atom. The number of fused-ring (bicyclic) bond motifs is 1. The second-order valence-electron chi connectivity index (χ2n) is 3.46. The molecule has 1 aromatic carbocycles. The molecule has 14 heavy (non-hydrogen) atoms. The van der Waals surface area contributed by atoms with Crippen LogP contribution in [0.3, 0.4) is 0 Å². The van der Waals surface area contributed by atoms with E-state index in [-0.39, 0.29) is 0 Å². The van der Waals surface area contributed by atoms with Crippen LogP contribution in [-0.2, 0) is 0 Å². The Hall–Kier alpha value is -1.76. The van der Waals surface area contributed by atoms with Crippen molar-refractivity contribution in [1.29, 1.82) is 0 Å². The molecule has 0 aromatic heterocycles. The van der Waals surface area contributed by atoms with Gasteiger partial charge in [0.15, 0.2) is 0 Å². The lowest BCUT2D eigenvalue weighted by molar-refractivity contribution is 0.417. The van der Waals surface area contributed by atoms with Gasteiger partial charge in [-0.15, -0.1) is 0 Å². The molecule has 0 aliphatic heterocycles. The van der Waals surface area contributed by atoms with E-state index < -0.39 is 0 Å². The predicted molar refractivity (Wildman–Crippen MR) is 59.8 cm³/mol. The molecule has 0 unspecified atom stereocenters. The molecular formula is C13H12O. The number of rotatable bonds is 0. The lowest BCUT2D eigenvalue weighted by Crippen LogP contribution is -1.84. The van der Waals surface area contributed by atoms with Crippen molar-refractivity contribution in [2.45, 2.75) is 6.92 Å². The van der Waals surface area contributed by atoms with E-state index >= 15 is 0 Å². The second kappa shape index (κ2) is 2.88. The van der Waals surface area contributed by atoms with Crippen molar-refractivity contribution in [1.82, 2.24) is 0 Å². The summed E-state index contributed by atoms with van der Waals surface area (Å²) in [6.07, 6.45) is 0. The molecule has 70 valence electrons. The van der Waals surface area contributed by atoms with Crippen LogP contribution < -0.4 is 0 Å². The average Bonchev–Trinajstić information content (AvgIpc) is 2.41. The molecule has 1 aliphatic rings. The van der Waals surface area contributed by atoms with Crippen LogP contribution in [0, 0.1) is 0 Å². The number of hydrogen-bond donors (Lipinski definition) is 1. The van der Waals surface area contributed by atoms with Crippen LogP contribution in [-0.4, -0.2) is 5.11 Å². The summed E-state index contributed by atoms with van der Waals surface area (Å²) in [5.41, 5.74) is 4.66. The molecule has 2 rings (SSSR count). The first-order valence-electron chi connectivity index (χ1n) is 4.51. The van der Waals surface area contributed by atoms with Crippen LogP contribution in [0.25, 0.3) is 11.1 Å². The molecule has 0 spiro atoms. The Balaban J connectivity index is 2.78. The minimum absolute atomic E-state index is 0.307. The second-order valence-corrected chi connectivity index (χ2v) is 3.46. The molecule has 0 amide bonds. The van der Waals surface area contributed by atoms with Crippen LogP contribution in [0.5, 0.6) is 0 Å². The number of aliphatic hydroxyl groups is 1. The average molecular weight is 184 g/mol. The number of aliphatic hydroxyl groups excluding tert-OH is 1. The van der Waals surface area contributed by atoms with Crippen molar-refractivity contribution < 1.29 is 5.11 Å². The highest BCUT2D eigenvalue weighted by Crippen LogP contribution is 2.43. The molecule has 0 atom stereocenters. The molecule has 1 aliphatic carbocycles. The van der Waals surface area contributed by atoms with Gasteiger partial charge >= 0.3 is 0 Å². The molecule has 0 saturated carbocycles. The molecule has 1 heteroatoms. The summed E-state index contributed by atoms with van der Waals surface area (Å²) in [6, 6.07) is 7.90. The van der Waals surface area contributed by atoms with Crippen LogP contribution in [0.2, 0.25) is 0 Å². The van der Waals surface area contributed by atoms with Crippen LogP contribution in [0.1, 0.15) is 18.1 Å². The fourth-order valence-electron chi connectivity index (χ4n) is 1.85. The third-order valence-corrected chi connectivity index (χ3v) is 2.55. The Morgan fingerprint density at radius 2 is 1.64 bits per heavy atom. The molecule has 1 aromatic rings. The highest BCUT2D eigenvalue weighted by Gasteiger charge is 2.24. The van der Waals surface area contributed by atoms with Crippen LogP contribution in [0.15, 0.2) is 48.8 Å². The lowest BCUT2D eigenvalue weighted by atomic mass is 10.1. The van der Waals surface area contributed by atoms with Gasteiger partial charge in [0.2, 0.25) is 0 Å². The van der Waals surface area contributed by atoms with Gasteiger partial charge in [-0.25, -0.2) is 0 Å². The normalized spacial score (nSPS) is 18.4. The molecule has 0 fully saturated rings. The number of allylic oxidation sites excluding steroid dienone is 4. The Labute approximate surface area is 83.7 Å². The smallest absolute Gasteiger partial charge is 0.0976 e. The summed E-state index contributed by atoms with van der Waals surface area (Å²) in [4.78, 5) is 0. The van der Waals surface area contributed by atoms with Gasteiger partial charge in [0.1, 0.15) is 0 Å². The Morgan fingerprint density at radius 3 is 2.21 bits per heavy atom. The zero-order valence-corrected chi connectivity index (χ0v) is 8.17. The summed E-state index contributed by atoms with van der Waals surface area (Å²) in [6.45, 7) is 9.58. The van der Waals surface area contributed by atoms with Gasteiger partial charge in [0, 0.05) is 5.57 Å². The molecule has 0 bridgehead atoms. The first-order valence-corrected chi connectivity index (χ1v) is 4.51. The van der Waals surface area contributed by atoms with E-state index in [9.17, 15) is 5.11 Å². The minimum atomic E-state index is 0.307. The van der Waals surface area contributed by atoms with E-state index in [0.29, 0.717) is 5.76 Å². The lowest BCUT2D eigenvalue weighted by Gasteiger charge is -2.01. The SMILES string of the molecule is C=C1C(=C)c2ccccc2/C1=C(/C)O. The molecule has 0 saturated heterocycles. The summed E-state index contributed by atoms with van der Waals surface area (Å²) in [7, 11) is 0. The van der Waals surface area contributed by atoms with Gasteiger partial charge in [-0.2, -0.15) is 0 Å². The molecule has 1 N–H and O–H groups in total. The van der Waals surface area contributed by atoms with E-state index in [4.69, 9.17) is 0 Å². The first-order chi connectivity index (χ1) is 6.63. The maximum atomic E-state index is 9.56. The van der Waals surface area contributed by atoms with Gasteiger partial charge in [-0.05, 0) is 29.2 Å². The number of hydrogen-bond acceptors (Lipinski definition) is 1. The summed E-state index contributed by atoms with van der Waals surface area (Å²) in [5, 5.41) is 9.56. The van der Waals surface area contributed by atoms with E-state index in [2.05, 4.69) is 13.2 Å². The van der Waals surface area contributed by atoms with Crippen molar-refractivity contribution in [2.24, 2.45) is 0 Å². The number of benzene rings is 1. The Kier molecular flexibility index (Phi) is 1.81. The largest absolute Gasteiger partial charge is 0.512 e. The zero-order valence-electron chi connectivity index (χ0n) is 8.17. The fourth-order valence-corrected chi connectivity index (χ4v) is 1.85. The highest BCUT2D eigenvalue weighted by atomic mass is 16.3. The maximum absolute atomic E-state index is 9.56. The van der Waals surface area contributed by atoms with Gasteiger partial charge in [0.05, 0.1) is 5.76 Å². The minimum Gasteiger partial charge on any atom is -0.512 e.